The largest absolute Gasteiger partial charge is 0.493 e. The van der Waals surface area contributed by atoms with E-state index in [9.17, 15) is 9.59 Å². The zero-order valence-corrected chi connectivity index (χ0v) is 28.3. The minimum Gasteiger partial charge on any atom is -0.493 e. The van der Waals surface area contributed by atoms with E-state index in [0.29, 0.717) is 80.1 Å². The molecule has 49 heavy (non-hydrogen) atoms. The van der Waals surface area contributed by atoms with Gasteiger partial charge >= 0.3 is 0 Å². The van der Waals surface area contributed by atoms with Crippen molar-refractivity contribution in [2.75, 3.05) is 47.5 Å². The normalized spacial score (nSPS) is 14.2. The third-order valence-corrected chi connectivity index (χ3v) is 8.94. The smallest absolute Gasteiger partial charge is 0.254 e. The van der Waals surface area contributed by atoms with Gasteiger partial charge in [0.2, 0.25) is 11.7 Å². The number of rotatable bonds is 11. The van der Waals surface area contributed by atoms with E-state index in [1.807, 2.05) is 77.7 Å². The number of carbonyl (C=O) groups excluding carboxylic acids is 2. The summed E-state index contributed by atoms with van der Waals surface area (Å²) in [4.78, 5) is 30.9. The predicted octanol–water partition coefficient (Wildman–Crippen LogP) is 6.57. The number of benzene rings is 4. The van der Waals surface area contributed by atoms with Gasteiger partial charge in [0, 0.05) is 37.3 Å². The van der Waals surface area contributed by atoms with Gasteiger partial charge < -0.3 is 33.5 Å². The molecule has 0 spiro atoms. The summed E-state index contributed by atoms with van der Waals surface area (Å²) in [5.41, 5.74) is 5.42. The number of carbonyl (C=O) groups is 2. The SMILES string of the molecule is COc1cc(C(=O)N2CCN(C(=O)C3=Cc4cc(OCc5ccccc5)c(OCc5ccccc5)cc4CCC3)CC2)cc(OC)c1OC. The Morgan fingerprint density at radius 2 is 1.14 bits per heavy atom. The number of piperazine rings is 1. The van der Waals surface area contributed by atoms with Crippen LogP contribution in [0.25, 0.3) is 6.08 Å². The fraction of sp³-hybridized carbons (Fsp3) is 0.300. The van der Waals surface area contributed by atoms with Crippen LogP contribution in [0.1, 0.15) is 45.5 Å². The van der Waals surface area contributed by atoms with Crippen molar-refractivity contribution in [3.05, 3.63) is 118 Å². The van der Waals surface area contributed by atoms with Crippen molar-refractivity contribution in [1.82, 2.24) is 9.80 Å². The highest BCUT2D eigenvalue weighted by Crippen LogP contribution is 2.39. The van der Waals surface area contributed by atoms with Crippen molar-refractivity contribution in [2.45, 2.75) is 32.5 Å². The molecule has 0 saturated carbocycles. The number of nitrogens with zero attached hydrogens (tertiary/aromatic N) is 2. The van der Waals surface area contributed by atoms with Crippen molar-refractivity contribution in [3.8, 4) is 28.7 Å². The predicted molar refractivity (Wildman–Crippen MR) is 187 cm³/mol. The summed E-state index contributed by atoms with van der Waals surface area (Å²) < 4.78 is 28.9. The molecular weight excluding hydrogens is 620 g/mol. The molecule has 0 N–H and O–H groups in total. The Kier molecular flexibility index (Phi) is 10.7. The van der Waals surface area contributed by atoms with Crippen molar-refractivity contribution in [2.24, 2.45) is 0 Å². The van der Waals surface area contributed by atoms with Crippen LogP contribution < -0.4 is 23.7 Å². The van der Waals surface area contributed by atoms with E-state index in [1.54, 1.807) is 17.0 Å². The van der Waals surface area contributed by atoms with Crippen LogP contribution in [0.2, 0.25) is 0 Å². The molecular formula is C40H42N2O7. The zero-order chi connectivity index (χ0) is 34.2. The van der Waals surface area contributed by atoms with Crippen LogP contribution in [-0.2, 0) is 24.4 Å². The molecule has 9 heteroatoms. The Morgan fingerprint density at radius 1 is 0.612 bits per heavy atom. The molecule has 0 bridgehead atoms. The lowest BCUT2D eigenvalue weighted by Crippen LogP contribution is -2.50. The van der Waals surface area contributed by atoms with Crippen LogP contribution in [0, 0.1) is 0 Å². The Morgan fingerprint density at radius 3 is 1.67 bits per heavy atom. The van der Waals surface area contributed by atoms with Crippen molar-refractivity contribution in [3.63, 3.8) is 0 Å². The maximum Gasteiger partial charge on any atom is 0.254 e. The summed E-state index contributed by atoms with van der Waals surface area (Å²) in [7, 11) is 4.57. The number of aryl methyl sites for hydroxylation is 1. The molecule has 0 aromatic heterocycles. The molecule has 1 aliphatic carbocycles. The fourth-order valence-corrected chi connectivity index (χ4v) is 6.27. The first-order valence-electron chi connectivity index (χ1n) is 16.6. The standard InChI is InChI=1S/C40H42N2O7/c1-45-36-24-33(25-37(46-2)38(36)47-3)40(44)42-19-17-41(18-20-42)39(43)31-16-10-15-30-22-34(48-26-28-11-6-4-7-12-28)35(23-32(30)21-31)49-27-29-13-8-5-9-14-29/h4-9,11-14,21-25H,10,15-20,26-27H2,1-3H3. The lowest BCUT2D eigenvalue weighted by Gasteiger charge is -2.35. The molecule has 9 nitrogen and oxygen atoms in total. The third kappa shape index (κ3) is 7.83. The lowest BCUT2D eigenvalue weighted by molar-refractivity contribution is -0.128. The van der Waals surface area contributed by atoms with Gasteiger partial charge in [-0.2, -0.15) is 0 Å². The van der Waals surface area contributed by atoms with E-state index >= 15 is 0 Å². The Bertz CT molecular complexity index is 1770. The molecule has 2 amide bonds. The summed E-state index contributed by atoms with van der Waals surface area (Å²) in [6.45, 7) is 2.55. The summed E-state index contributed by atoms with van der Waals surface area (Å²) in [5.74, 6) is 2.45. The van der Waals surface area contributed by atoms with E-state index in [2.05, 4.69) is 6.07 Å². The average molecular weight is 663 g/mol. The fourth-order valence-electron chi connectivity index (χ4n) is 6.27. The molecule has 4 aromatic rings. The molecule has 0 atom stereocenters. The second kappa shape index (κ2) is 15.6. The van der Waals surface area contributed by atoms with E-state index in [0.717, 1.165) is 40.7 Å². The first-order chi connectivity index (χ1) is 24.0. The second-order valence-corrected chi connectivity index (χ2v) is 12.1. The van der Waals surface area contributed by atoms with Crippen LogP contribution in [0.4, 0.5) is 0 Å². The molecule has 1 saturated heterocycles. The third-order valence-electron chi connectivity index (χ3n) is 8.94. The van der Waals surface area contributed by atoms with Crippen LogP contribution in [0.3, 0.4) is 0 Å². The summed E-state index contributed by atoms with van der Waals surface area (Å²) >= 11 is 0. The summed E-state index contributed by atoms with van der Waals surface area (Å²) in [6.07, 6.45) is 4.33. The van der Waals surface area contributed by atoms with Crippen molar-refractivity contribution in [1.29, 1.82) is 0 Å². The van der Waals surface area contributed by atoms with Gasteiger partial charge in [-0.25, -0.2) is 0 Å². The van der Waals surface area contributed by atoms with Gasteiger partial charge in [0.15, 0.2) is 23.0 Å². The van der Waals surface area contributed by atoms with E-state index in [4.69, 9.17) is 23.7 Å². The van der Waals surface area contributed by atoms with E-state index < -0.39 is 0 Å². The van der Waals surface area contributed by atoms with Crippen molar-refractivity contribution < 1.29 is 33.3 Å². The first kappa shape index (κ1) is 33.5. The number of ether oxygens (including phenoxy) is 5. The number of hydrogen-bond acceptors (Lipinski definition) is 7. The van der Waals surface area contributed by atoms with Gasteiger partial charge in [0.05, 0.1) is 21.3 Å². The Balaban J connectivity index is 1.17. The maximum absolute atomic E-state index is 13.9. The summed E-state index contributed by atoms with van der Waals surface area (Å²) in [5, 5.41) is 0. The molecule has 0 radical (unpaired) electrons. The van der Waals surface area contributed by atoms with Gasteiger partial charge in [0.25, 0.3) is 5.91 Å². The number of amides is 2. The van der Waals surface area contributed by atoms with Gasteiger partial charge in [-0.15, -0.1) is 0 Å². The number of hydrogen-bond donors (Lipinski definition) is 0. The Labute approximate surface area is 287 Å². The molecule has 254 valence electrons. The molecule has 0 unspecified atom stereocenters. The maximum atomic E-state index is 13.9. The first-order valence-corrected chi connectivity index (χ1v) is 16.6. The average Bonchev–Trinajstić information content (AvgIpc) is 3.37. The zero-order valence-electron chi connectivity index (χ0n) is 28.3. The topological polar surface area (TPSA) is 86.8 Å². The van der Waals surface area contributed by atoms with Crippen LogP contribution >= 0.6 is 0 Å². The van der Waals surface area contributed by atoms with Gasteiger partial charge in [-0.1, -0.05) is 60.7 Å². The highest BCUT2D eigenvalue weighted by atomic mass is 16.5. The monoisotopic (exact) mass is 662 g/mol. The number of methoxy groups -OCH3 is 3. The second-order valence-electron chi connectivity index (χ2n) is 12.1. The van der Waals surface area contributed by atoms with E-state index in [1.165, 1.54) is 21.3 Å². The van der Waals surface area contributed by atoms with E-state index in [-0.39, 0.29) is 11.8 Å². The molecule has 6 rings (SSSR count). The van der Waals surface area contributed by atoms with Gasteiger partial charge in [-0.05, 0) is 71.9 Å². The number of fused-ring (bicyclic) bond motifs is 1. The van der Waals surface area contributed by atoms with Crippen LogP contribution in [0.5, 0.6) is 28.7 Å². The Hall–Kier alpha value is -5.44. The quantitative estimate of drug-likeness (QED) is 0.180. The molecule has 4 aromatic carbocycles. The highest BCUT2D eigenvalue weighted by Gasteiger charge is 2.29. The highest BCUT2D eigenvalue weighted by molar-refractivity contribution is 5.99. The van der Waals surface area contributed by atoms with Crippen LogP contribution in [0.15, 0.2) is 90.5 Å². The summed E-state index contributed by atoms with van der Waals surface area (Å²) in [6, 6.07) is 27.5. The lowest BCUT2D eigenvalue weighted by atomic mass is 10.0. The van der Waals surface area contributed by atoms with Gasteiger partial charge in [-0.3, -0.25) is 9.59 Å². The molecule has 1 aliphatic heterocycles. The van der Waals surface area contributed by atoms with Gasteiger partial charge in [0.1, 0.15) is 13.2 Å². The molecule has 1 fully saturated rings. The minimum atomic E-state index is -0.151. The van der Waals surface area contributed by atoms with Crippen molar-refractivity contribution >= 4 is 17.9 Å². The molecule has 1 heterocycles. The minimum absolute atomic E-state index is 0.00360. The molecule has 2 aliphatic rings. The van der Waals surface area contributed by atoms with Crippen LogP contribution in [-0.4, -0.2) is 69.1 Å².